The Bertz CT molecular complexity index is 514. The largest absolute Gasteiger partial charge is 0.328 e. The Morgan fingerprint density at radius 1 is 1.25 bits per heavy atom. The van der Waals surface area contributed by atoms with Gasteiger partial charge in [-0.3, -0.25) is 10.1 Å². The maximum Gasteiger partial charge on any atom is 0.273 e. The van der Waals surface area contributed by atoms with Crippen LogP contribution in [0.25, 0.3) is 6.08 Å². The van der Waals surface area contributed by atoms with Crippen LogP contribution >= 0.6 is 12.2 Å². The van der Waals surface area contributed by atoms with Crippen molar-refractivity contribution in [2.75, 3.05) is 0 Å². The average Bonchev–Trinajstić information content (AvgIpc) is 2.50. The molecule has 16 heavy (non-hydrogen) atoms. The average molecular weight is 240 g/mol. The summed E-state index contributed by atoms with van der Waals surface area (Å²) in [5.74, 6) is -1.84. The molecule has 0 aromatic heterocycles. The predicted molar refractivity (Wildman–Crippen MR) is 58.2 cm³/mol. The van der Waals surface area contributed by atoms with Crippen molar-refractivity contribution in [2.24, 2.45) is 0 Å². The number of hydrogen-bond acceptors (Lipinski definition) is 2. The van der Waals surface area contributed by atoms with Crippen molar-refractivity contribution in [1.29, 1.82) is 0 Å². The molecule has 0 spiro atoms. The highest BCUT2D eigenvalue weighted by Gasteiger charge is 2.20. The summed E-state index contributed by atoms with van der Waals surface area (Å²) in [5.41, 5.74) is 0.249. The second-order valence-electron chi connectivity index (χ2n) is 3.13. The second kappa shape index (κ2) is 3.97. The van der Waals surface area contributed by atoms with Crippen LogP contribution < -0.4 is 10.6 Å². The Labute approximate surface area is 95.1 Å². The van der Waals surface area contributed by atoms with E-state index in [4.69, 9.17) is 12.2 Å². The number of rotatable bonds is 1. The van der Waals surface area contributed by atoms with Crippen molar-refractivity contribution < 1.29 is 13.6 Å². The lowest BCUT2D eigenvalue weighted by Gasteiger charge is -1.98. The summed E-state index contributed by atoms with van der Waals surface area (Å²) in [7, 11) is 0. The van der Waals surface area contributed by atoms with Crippen LogP contribution in [0.4, 0.5) is 8.78 Å². The van der Waals surface area contributed by atoms with Crippen molar-refractivity contribution in [2.45, 2.75) is 0 Å². The fourth-order valence-corrected chi connectivity index (χ4v) is 1.46. The summed E-state index contributed by atoms with van der Waals surface area (Å²) in [6.45, 7) is 0. The highest BCUT2D eigenvalue weighted by molar-refractivity contribution is 7.80. The molecule has 1 fully saturated rings. The molecule has 0 saturated carbocycles. The first-order chi connectivity index (χ1) is 7.56. The highest BCUT2D eigenvalue weighted by atomic mass is 32.1. The van der Waals surface area contributed by atoms with Crippen molar-refractivity contribution in [3.05, 3.63) is 41.1 Å². The second-order valence-corrected chi connectivity index (χ2v) is 3.54. The lowest BCUT2D eigenvalue weighted by atomic mass is 10.1. The van der Waals surface area contributed by atoms with Gasteiger partial charge in [-0.2, -0.15) is 0 Å². The minimum absolute atomic E-state index is 0.115. The van der Waals surface area contributed by atoms with E-state index in [1.165, 1.54) is 12.1 Å². The first-order valence-electron chi connectivity index (χ1n) is 4.35. The summed E-state index contributed by atoms with van der Waals surface area (Å²) in [6.07, 6.45) is 1.27. The predicted octanol–water partition coefficient (Wildman–Crippen LogP) is 1.31. The van der Waals surface area contributed by atoms with Crippen LogP contribution in [0, 0.1) is 11.6 Å². The summed E-state index contributed by atoms with van der Waals surface area (Å²) in [6, 6.07) is 3.10. The topological polar surface area (TPSA) is 41.1 Å². The molecule has 0 radical (unpaired) electrons. The van der Waals surface area contributed by atoms with E-state index in [0.717, 1.165) is 12.1 Å². The summed E-state index contributed by atoms with van der Waals surface area (Å²) >= 11 is 4.71. The van der Waals surface area contributed by atoms with E-state index in [1.54, 1.807) is 0 Å². The van der Waals surface area contributed by atoms with E-state index in [1.807, 2.05) is 0 Å². The Hall–Kier alpha value is -1.82. The number of nitrogens with one attached hydrogen (secondary N) is 2. The van der Waals surface area contributed by atoms with E-state index >= 15 is 0 Å². The van der Waals surface area contributed by atoms with Crippen LogP contribution in [0.15, 0.2) is 23.9 Å². The number of hydrogen-bond donors (Lipinski definition) is 2. The fraction of sp³-hybridized carbons (Fsp3) is 0. The fourth-order valence-electron chi connectivity index (χ4n) is 1.26. The summed E-state index contributed by atoms with van der Waals surface area (Å²) < 4.78 is 25.9. The molecule has 1 aliphatic heterocycles. The smallest absolute Gasteiger partial charge is 0.273 e. The molecule has 1 aromatic rings. The molecular formula is C10H6F2N2OS. The van der Waals surface area contributed by atoms with Crippen molar-refractivity contribution in [3.63, 3.8) is 0 Å². The van der Waals surface area contributed by atoms with Gasteiger partial charge in [-0.15, -0.1) is 0 Å². The maximum absolute atomic E-state index is 13.3. The summed E-state index contributed by atoms with van der Waals surface area (Å²) in [4.78, 5) is 11.2. The number of benzene rings is 1. The molecule has 1 saturated heterocycles. The molecule has 1 aromatic carbocycles. The van der Waals surface area contributed by atoms with Gasteiger partial charge in [0.25, 0.3) is 5.91 Å². The SMILES string of the molecule is O=C1NC(=S)N/C1=C\c1ccc(F)cc1F. The molecule has 3 nitrogen and oxygen atoms in total. The Morgan fingerprint density at radius 3 is 2.56 bits per heavy atom. The molecule has 2 rings (SSSR count). The third-order valence-corrected chi connectivity index (χ3v) is 2.19. The van der Waals surface area contributed by atoms with Crippen molar-refractivity contribution in [1.82, 2.24) is 10.6 Å². The molecule has 1 heterocycles. The third-order valence-electron chi connectivity index (χ3n) is 1.98. The maximum atomic E-state index is 13.3. The van der Waals surface area contributed by atoms with Crippen LogP contribution in [0.1, 0.15) is 5.56 Å². The van der Waals surface area contributed by atoms with Crippen LogP contribution in [0.2, 0.25) is 0 Å². The van der Waals surface area contributed by atoms with Gasteiger partial charge in [0.2, 0.25) is 0 Å². The molecule has 6 heteroatoms. The molecule has 0 aliphatic carbocycles. The van der Waals surface area contributed by atoms with E-state index in [-0.39, 0.29) is 16.4 Å². The molecule has 0 bridgehead atoms. The first kappa shape index (κ1) is 10.7. The Kier molecular flexibility index (Phi) is 2.66. The minimum Gasteiger partial charge on any atom is -0.328 e. The van der Waals surface area contributed by atoms with E-state index in [0.29, 0.717) is 0 Å². The number of thiocarbonyl (C=S) groups is 1. The standard InChI is InChI=1S/C10H6F2N2OS/c11-6-2-1-5(7(12)4-6)3-8-9(15)14-10(16)13-8/h1-4H,(H2,13,14,15,16)/b8-3-. The number of amides is 1. The quantitative estimate of drug-likeness (QED) is 0.574. The highest BCUT2D eigenvalue weighted by Crippen LogP contribution is 2.13. The summed E-state index contributed by atoms with van der Waals surface area (Å²) in [5, 5.41) is 5.07. The zero-order valence-corrected chi connectivity index (χ0v) is 8.70. The number of halogens is 2. The Balaban J connectivity index is 2.36. The molecule has 0 atom stereocenters. The molecule has 82 valence electrons. The van der Waals surface area contributed by atoms with Gasteiger partial charge in [-0.05, 0) is 30.4 Å². The normalized spacial score (nSPS) is 17.5. The van der Waals surface area contributed by atoms with Gasteiger partial charge in [-0.1, -0.05) is 0 Å². The third kappa shape index (κ3) is 2.06. The molecular weight excluding hydrogens is 234 g/mol. The zero-order valence-electron chi connectivity index (χ0n) is 7.88. The molecule has 1 amide bonds. The Morgan fingerprint density at radius 2 is 2.00 bits per heavy atom. The van der Waals surface area contributed by atoms with Gasteiger partial charge >= 0.3 is 0 Å². The van der Waals surface area contributed by atoms with Gasteiger partial charge in [0.15, 0.2) is 5.11 Å². The van der Waals surface area contributed by atoms with E-state index in [9.17, 15) is 13.6 Å². The van der Waals surface area contributed by atoms with E-state index < -0.39 is 17.5 Å². The van der Waals surface area contributed by atoms with Gasteiger partial charge in [0, 0.05) is 11.6 Å². The van der Waals surface area contributed by atoms with Crippen molar-refractivity contribution in [3.8, 4) is 0 Å². The molecule has 2 N–H and O–H groups in total. The van der Waals surface area contributed by atoms with Crippen LogP contribution in [-0.2, 0) is 4.79 Å². The minimum atomic E-state index is -0.736. The first-order valence-corrected chi connectivity index (χ1v) is 4.76. The lowest BCUT2D eigenvalue weighted by molar-refractivity contribution is -0.115. The van der Waals surface area contributed by atoms with Gasteiger partial charge in [0.05, 0.1) is 0 Å². The molecule has 1 aliphatic rings. The van der Waals surface area contributed by atoms with E-state index in [2.05, 4.69) is 10.6 Å². The number of carbonyl (C=O) groups excluding carboxylic acids is 1. The van der Waals surface area contributed by atoms with Gasteiger partial charge in [0.1, 0.15) is 17.3 Å². The van der Waals surface area contributed by atoms with Crippen LogP contribution in [0.3, 0.4) is 0 Å². The lowest BCUT2D eigenvalue weighted by Crippen LogP contribution is -2.21. The van der Waals surface area contributed by atoms with Gasteiger partial charge < -0.3 is 5.32 Å². The van der Waals surface area contributed by atoms with Gasteiger partial charge in [-0.25, -0.2) is 8.78 Å². The monoisotopic (exact) mass is 240 g/mol. The van der Waals surface area contributed by atoms with Crippen LogP contribution in [0.5, 0.6) is 0 Å². The number of carbonyl (C=O) groups is 1. The van der Waals surface area contributed by atoms with Crippen molar-refractivity contribution >= 4 is 29.3 Å². The van der Waals surface area contributed by atoms with Crippen LogP contribution in [-0.4, -0.2) is 11.0 Å². The molecule has 0 unspecified atom stereocenters. The zero-order chi connectivity index (χ0) is 11.7.